The van der Waals surface area contributed by atoms with Gasteiger partial charge in [0, 0.05) is 15.6 Å². The van der Waals surface area contributed by atoms with Crippen LogP contribution in [-0.2, 0) is 18.0 Å². The number of hydrogen-bond donors (Lipinski definition) is 3. The average Bonchev–Trinajstić information content (AvgIpc) is 3.13. The van der Waals surface area contributed by atoms with Gasteiger partial charge in [0.15, 0.2) is 0 Å². The van der Waals surface area contributed by atoms with Gasteiger partial charge < -0.3 is 5.21 Å². The first-order valence-corrected chi connectivity index (χ1v) is 10.3. The maximum atomic E-state index is 8.46. The number of aromatic nitrogens is 1. The monoisotopic (exact) mass is 447 g/mol. The standard InChI is InChI=1S/C13H11Cl2NO.C8H8N2OS/c14-10-5-6-11(9(7-10)8-17-16)12-3-1-2-4-13(12)15;11-9-5-8-10-6-3-1-2-4-7(6)12-8/h1-7H,8,16H2;1-4,9,11H,5H2. The van der Waals surface area contributed by atoms with Gasteiger partial charge >= 0.3 is 0 Å². The fourth-order valence-electron chi connectivity index (χ4n) is 2.78. The first-order valence-electron chi connectivity index (χ1n) is 8.68. The van der Waals surface area contributed by atoms with Crippen molar-refractivity contribution in [3.8, 4) is 11.1 Å². The van der Waals surface area contributed by atoms with Gasteiger partial charge in [-0.15, -0.1) is 11.3 Å². The van der Waals surface area contributed by atoms with E-state index in [-0.39, 0.29) is 0 Å². The summed E-state index contributed by atoms with van der Waals surface area (Å²) >= 11 is 13.7. The molecule has 0 radical (unpaired) electrons. The Hall–Kier alpha value is -2.03. The SMILES string of the molecule is NOCc1cc(Cl)ccc1-c1ccccc1Cl.ONCc1nc2ccccc2s1. The van der Waals surface area contributed by atoms with Gasteiger partial charge in [-0.1, -0.05) is 59.6 Å². The van der Waals surface area contributed by atoms with Crippen LogP contribution < -0.4 is 11.4 Å². The van der Waals surface area contributed by atoms with Gasteiger partial charge in [0.25, 0.3) is 0 Å². The fraction of sp³-hybridized carbons (Fsp3) is 0.0952. The number of thiazole rings is 1. The summed E-state index contributed by atoms with van der Waals surface area (Å²) in [5.74, 6) is 5.12. The van der Waals surface area contributed by atoms with E-state index < -0.39 is 0 Å². The smallest absolute Gasteiger partial charge is 0.110 e. The number of nitrogens with two attached hydrogens (primary N) is 1. The summed E-state index contributed by atoms with van der Waals surface area (Å²) < 4.78 is 1.16. The van der Waals surface area contributed by atoms with Crippen molar-refractivity contribution in [3.05, 3.63) is 87.3 Å². The average molecular weight is 448 g/mol. The molecule has 0 atom stereocenters. The van der Waals surface area contributed by atoms with Gasteiger partial charge in [-0.25, -0.2) is 10.9 Å². The maximum absolute atomic E-state index is 8.46. The van der Waals surface area contributed by atoms with Gasteiger partial charge in [0.05, 0.1) is 23.4 Å². The summed E-state index contributed by atoms with van der Waals surface area (Å²) in [6.07, 6.45) is 0. The Morgan fingerprint density at radius 2 is 1.76 bits per heavy atom. The lowest BCUT2D eigenvalue weighted by Gasteiger charge is -2.10. The van der Waals surface area contributed by atoms with Crippen LogP contribution in [0.15, 0.2) is 66.7 Å². The van der Waals surface area contributed by atoms with Gasteiger partial charge in [-0.3, -0.25) is 4.84 Å². The van der Waals surface area contributed by atoms with Gasteiger partial charge in [-0.2, -0.15) is 5.48 Å². The van der Waals surface area contributed by atoms with Crippen LogP contribution in [0.3, 0.4) is 0 Å². The molecule has 4 N–H and O–H groups in total. The van der Waals surface area contributed by atoms with Crippen molar-refractivity contribution in [2.24, 2.45) is 5.90 Å². The van der Waals surface area contributed by atoms with E-state index in [9.17, 15) is 0 Å². The summed E-state index contributed by atoms with van der Waals surface area (Å²) in [6, 6.07) is 21.1. The van der Waals surface area contributed by atoms with E-state index in [1.807, 2.05) is 66.7 Å². The minimum Gasteiger partial charge on any atom is -0.316 e. The molecular weight excluding hydrogens is 429 g/mol. The van der Waals surface area contributed by atoms with Crippen molar-refractivity contribution in [2.75, 3.05) is 0 Å². The van der Waals surface area contributed by atoms with Crippen molar-refractivity contribution in [2.45, 2.75) is 13.2 Å². The van der Waals surface area contributed by atoms with Gasteiger partial charge in [-0.05, 0) is 41.5 Å². The predicted molar refractivity (Wildman–Crippen MR) is 119 cm³/mol. The highest BCUT2D eigenvalue weighted by molar-refractivity contribution is 7.18. The summed E-state index contributed by atoms with van der Waals surface area (Å²) in [4.78, 5) is 8.98. The first-order chi connectivity index (χ1) is 14.1. The van der Waals surface area contributed by atoms with Crippen molar-refractivity contribution < 1.29 is 10.0 Å². The topological polar surface area (TPSA) is 80.4 Å². The third-order valence-corrected chi connectivity index (χ3v) is 5.64. The Labute approximate surface area is 182 Å². The van der Waals surface area contributed by atoms with Crippen LogP contribution in [0.2, 0.25) is 10.0 Å². The zero-order valence-electron chi connectivity index (χ0n) is 15.3. The molecule has 0 saturated carbocycles. The summed E-state index contributed by atoms with van der Waals surface area (Å²) in [5.41, 5.74) is 5.92. The minimum absolute atomic E-state index is 0.293. The summed E-state index contributed by atoms with van der Waals surface area (Å²) in [7, 11) is 0. The van der Waals surface area contributed by atoms with Crippen molar-refractivity contribution >= 4 is 44.8 Å². The molecule has 3 aromatic carbocycles. The number of hydroxylamine groups is 1. The number of benzene rings is 3. The molecule has 0 saturated heterocycles. The van der Waals surface area contributed by atoms with Crippen LogP contribution in [0.4, 0.5) is 0 Å². The molecule has 0 unspecified atom stereocenters. The first kappa shape index (κ1) is 21.7. The van der Waals surface area contributed by atoms with Gasteiger partial charge in [0.1, 0.15) is 5.01 Å². The Bertz CT molecular complexity index is 1060. The number of nitrogens with zero attached hydrogens (tertiary/aromatic N) is 1. The summed E-state index contributed by atoms with van der Waals surface area (Å²) in [5, 5.41) is 10.7. The molecule has 0 bridgehead atoms. The normalized spacial score (nSPS) is 10.6. The number of fused-ring (bicyclic) bond motifs is 1. The lowest BCUT2D eigenvalue weighted by molar-refractivity contribution is 0.124. The molecule has 5 nitrogen and oxygen atoms in total. The maximum Gasteiger partial charge on any atom is 0.110 e. The fourth-order valence-corrected chi connectivity index (χ4v) is 4.11. The summed E-state index contributed by atoms with van der Waals surface area (Å²) in [6.45, 7) is 0.709. The molecule has 150 valence electrons. The highest BCUT2D eigenvalue weighted by Crippen LogP contribution is 2.32. The quantitative estimate of drug-likeness (QED) is 0.335. The molecule has 0 aliphatic heterocycles. The number of nitrogens with one attached hydrogen (secondary N) is 1. The predicted octanol–water partition coefficient (Wildman–Crippen LogP) is 5.83. The minimum atomic E-state index is 0.293. The number of halogens is 2. The van der Waals surface area contributed by atoms with E-state index in [0.717, 1.165) is 31.9 Å². The van der Waals surface area contributed by atoms with E-state index in [0.29, 0.717) is 23.2 Å². The lowest BCUT2D eigenvalue weighted by Crippen LogP contribution is -2.04. The molecule has 0 spiro atoms. The van der Waals surface area contributed by atoms with Crippen molar-refractivity contribution in [3.63, 3.8) is 0 Å². The van der Waals surface area contributed by atoms with E-state index in [1.165, 1.54) is 0 Å². The molecule has 0 amide bonds. The van der Waals surface area contributed by atoms with Crippen LogP contribution in [0.1, 0.15) is 10.6 Å². The van der Waals surface area contributed by atoms with E-state index >= 15 is 0 Å². The molecule has 4 aromatic rings. The number of hydrogen-bond acceptors (Lipinski definition) is 6. The molecule has 1 heterocycles. The highest BCUT2D eigenvalue weighted by Gasteiger charge is 2.09. The zero-order valence-corrected chi connectivity index (χ0v) is 17.6. The van der Waals surface area contributed by atoms with Crippen molar-refractivity contribution in [1.82, 2.24) is 10.5 Å². The van der Waals surface area contributed by atoms with E-state index in [2.05, 4.69) is 15.3 Å². The van der Waals surface area contributed by atoms with Crippen LogP contribution in [0.25, 0.3) is 21.3 Å². The Kier molecular flexibility index (Phi) is 7.97. The highest BCUT2D eigenvalue weighted by atomic mass is 35.5. The second-order valence-corrected chi connectivity index (χ2v) is 7.96. The largest absolute Gasteiger partial charge is 0.316 e. The third-order valence-electron chi connectivity index (χ3n) is 4.04. The molecular formula is C21H19Cl2N3O2S. The van der Waals surface area contributed by atoms with Crippen LogP contribution >= 0.6 is 34.5 Å². The second kappa shape index (κ2) is 10.7. The lowest BCUT2D eigenvalue weighted by atomic mass is 10.0. The Morgan fingerprint density at radius 1 is 1.00 bits per heavy atom. The Morgan fingerprint density at radius 3 is 2.48 bits per heavy atom. The van der Waals surface area contributed by atoms with Gasteiger partial charge in [0.2, 0.25) is 0 Å². The number of rotatable bonds is 5. The molecule has 0 aliphatic rings. The van der Waals surface area contributed by atoms with E-state index in [4.69, 9.17) is 34.3 Å². The molecule has 29 heavy (non-hydrogen) atoms. The second-order valence-electron chi connectivity index (χ2n) is 6.00. The Balaban J connectivity index is 0.000000176. The molecule has 0 aliphatic carbocycles. The molecule has 8 heteroatoms. The van der Waals surface area contributed by atoms with Crippen LogP contribution in [0.5, 0.6) is 0 Å². The van der Waals surface area contributed by atoms with E-state index in [1.54, 1.807) is 11.3 Å². The molecule has 4 rings (SSSR count). The third kappa shape index (κ3) is 5.74. The number of para-hydroxylation sites is 1. The zero-order chi connectivity index (χ0) is 20.6. The molecule has 1 aromatic heterocycles. The molecule has 0 fully saturated rings. The van der Waals surface area contributed by atoms with Crippen LogP contribution in [0, 0.1) is 0 Å². The van der Waals surface area contributed by atoms with Crippen LogP contribution in [-0.4, -0.2) is 10.2 Å². The van der Waals surface area contributed by atoms with Crippen molar-refractivity contribution in [1.29, 1.82) is 0 Å².